The van der Waals surface area contributed by atoms with Crippen LogP contribution in [0.4, 0.5) is 0 Å². The van der Waals surface area contributed by atoms with Crippen LogP contribution in [0.1, 0.15) is 13.3 Å². The van der Waals surface area contributed by atoms with Gasteiger partial charge in [0.2, 0.25) is 0 Å². The third-order valence-corrected chi connectivity index (χ3v) is 4.59. The minimum Gasteiger partial charge on any atom is -0.320 e. The lowest BCUT2D eigenvalue weighted by Crippen LogP contribution is -2.46. The van der Waals surface area contributed by atoms with Gasteiger partial charge < -0.3 is 5.32 Å². The zero-order valence-corrected chi connectivity index (χ0v) is 8.28. The lowest BCUT2D eigenvalue weighted by atomic mass is 10.5. The molecule has 0 aliphatic carbocycles. The minimum absolute atomic E-state index is 0.789. The molecule has 1 nitrogen and oxygen atoms in total. The van der Waals surface area contributed by atoms with E-state index in [1.807, 2.05) is 0 Å². The van der Waals surface area contributed by atoms with E-state index < -0.39 is 8.07 Å². The van der Waals surface area contributed by atoms with Crippen LogP contribution in [0, 0.1) is 0 Å². The maximum absolute atomic E-state index is 3.35. The van der Waals surface area contributed by atoms with Crippen molar-refractivity contribution in [3.8, 4) is 0 Å². The summed E-state index contributed by atoms with van der Waals surface area (Å²) in [6.07, 6.45) is 1.27. The predicted octanol–water partition coefficient (Wildman–Crippen LogP) is 1.86. The Labute approximate surface area is 59.9 Å². The van der Waals surface area contributed by atoms with Crippen LogP contribution in [-0.4, -0.2) is 20.8 Å². The summed E-state index contributed by atoms with van der Waals surface area (Å²) in [6.45, 7) is 9.45. The van der Waals surface area contributed by atoms with E-state index >= 15 is 0 Å². The molecule has 0 aromatic rings. The van der Waals surface area contributed by atoms with Gasteiger partial charge in [-0.15, -0.1) is 0 Å². The fourth-order valence-corrected chi connectivity index (χ4v) is 3.34. The molecule has 1 atom stereocenters. The summed E-state index contributed by atoms with van der Waals surface area (Å²) in [4.78, 5) is 0. The van der Waals surface area contributed by atoms with Gasteiger partial charge in [0.25, 0.3) is 0 Å². The van der Waals surface area contributed by atoms with Crippen molar-refractivity contribution in [2.45, 2.75) is 38.7 Å². The molecule has 0 heterocycles. The standard InChI is InChI=1S/C7H19NSi/c1-6-7(8-2)9(3,4)5/h7-8H,6H2,1-5H3. The summed E-state index contributed by atoms with van der Waals surface area (Å²) < 4.78 is 0. The first-order valence-corrected chi connectivity index (χ1v) is 7.27. The molecule has 0 aromatic heterocycles. The van der Waals surface area contributed by atoms with Crippen LogP contribution in [0.25, 0.3) is 0 Å². The second-order valence-corrected chi connectivity index (χ2v) is 9.04. The second kappa shape index (κ2) is 3.37. The van der Waals surface area contributed by atoms with Gasteiger partial charge in [-0.1, -0.05) is 26.6 Å². The van der Waals surface area contributed by atoms with Crippen LogP contribution in [-0.2, 0) is 0 Å². The van der Waals surface area contributed by atoms with Crippen molar-refractivity contribution in [3.05, 3.63) is 0 Å². The molecule has 0 aromatic carbocycles. The molecule has 1 N–H and O–H groups in total. The van der Waals surface area contributed by atoms with E-state index in [9.17, 15) is 0 Å². The molecular weight excluding hydrogens is 126 g/mol. The minimum atomic E-state index is -0.898. The first-order valence-electron chi connectivity index (χ1n) is 3.69. The molecule has 0 amide bonds. The summed E-state index contributed by atoms with van der Waals surface area (Å²) in [5.74, 6) is 0. The molecule has 0 radical (unpaired) electrons. The molecule has 9 heavy (non-hydrogen) atoms. The maximum Gasteiger partial charge on any atom is 0.0634 e. The highest BCUT2D eigenvalue weighted by atomic mass is 28.3. The van der Waals surface area contributed by atoms with E-state index in [1.165, 1.54) is 6.42 Å². The number of nitrogens with one attached hydrogen (secondary N) is 1. The Bertz CT molecular complexity index is 71.5. The third-order valence-electron chi connectivity index (χ3n) is 1.80. The van der Waals surface area contributed by atoms with Gasteiger partial charge in [-0.2, -0.15) is 0 Å². The average molecular weight is 145 g/mol. The van der Waals surface area contributed by atoms with Crippen molar-refractivity contribution in [1.82, 2.24) is 5.32 Å². The van der Waals surface area contributed by atoms with Crippen molar-refractivity contribution < 1.29 is 0 Å². The van der Waals surface area contributed by atoms with Gasteiger partial charge in [-0.25, -0.2) is 0 Å². The van der Waals surface area contributed by atoms with Crippen LogP contribution < -0.4 is 5.32 Å². The van der Waals surface area contributed by atoms with Gasteiger partial charge in [0.1, 0.15) is 0 Å². The zero-order valence-electron chi connectivity index (χ0n) is 7.28. The van der Waals surface area contributed by atoms with Crippen molar-refractivity contribution in [1.29, 1.82) is 0 Å². The molecule has 2 heteroatoms. The van der Waals surface area contributed by atoms with Crippen molar-refractivity contribution >= 4 is 8.07 Å². The van der Waals surface area contributed by atoms with Gasteiger partial charge in [0.05, 0.1) is 8.07 Å². The quantitative estimate of drug-likeness (QED) is 0.598. The summed E-state index contributed by atoms with van der Waals surface area (Å²) in [5, 5.41) is 3.35. The van der Waals surface area contributed by atoms with Crippen LogP contribution in [0.3, 0.4) is 0 Å². The first kappa shape index (κ1) is 9.18. The predicted molar refractivity (Wildman–Crippen MR) is 46.5 cm³/mol. The van der Waals surface area contributed by atoms with Crippen LogP contribution in [0.2, 0.25) is 19.6 Å². The fraction of sp³-hybridized carbons (Fsp3) is 1.00. The topological polar surface area (TPSA) is 12.0 Å². The highest BCUT2D eigenvalue weighted by Gasteiger charge is 2.22. The molecule has 0 saturated heterocycles. The van der Waals surface area contributed by atoms with Crippen molar-refractivity contribution in [3.63, 3.8) is 0 Å². The number of hydrogen-bond acceptors (Lipinski definition) is 1. The smallest absolute Gasteiger partial charge is 0.0634 e. The van der Waals surface area contributed by atoms with E-state index in [0.29, 0.717) is 0 Å². The van der Waals surface area contributed by atoms with Gasteiger partial charge in [0, 0.05) is 0 Å². The summed E-state index contributed by atoms with van der Waals surface area (Å²) in [6, 6.07) is 0. The van der Waals surface area contributed by atoms with E-state index in [1.54, 1.807) is 0 Å². The number of rotatable bonds is 3. The Morgan fingerprint density at radius 1 is 1.33 bits per heavy atom. The SMILES string of the molecule is CCC(NC)[Si](C)(C)C. The molecule has 56 valence electrons. The molecular formula is C7H19NSi. The van der Waals surface area contributed by atoms with Crippen LogP contribution >= 0.6 is 0 Å². The van der Waals surface area contributed by atoms with E-state index in [4.69, 9.17) is 0 Å². The molecule has 0 aliphatic heterocycles. The van der Waals surface area contributed by atoms with Crippen LogP contribution in [0.15, 0.2) is 0 Å². The Kier molecular flexibility index (Phi) is 3.44. The van der Waals surface area contributed by atoms with Gasteiger partial charge in [0.15, 0.2) is 0 Å². The molecule has 0 bridgehead atoms. The Morgan fingerprint density at radius 3 is 1.78 bits per heavy atom. The van der Waals surface area contributed by atoms with Gasteiger partial charge >= 0.3 is 0 Å². The Balaban J connectivity index is 3.79. The normalized spacial score (nSPS) is 15.7. The van der Waals surface area contributed by atoms with E-state index in [0.717, 1.165) is 5.67 Å². The first-order chi connectivity index (χ1) is 4.02. The highest BCUT2D eigenvalue weighted by Crippen LogP contribution is 2.09. The highest BCUT2D eigenvalue weighted by molar-refractivity contribution is 6.77. The summed E-state index contributed by atoms with van der Waals surface area (Å²) in [5.41, 5.74) is 0.789. The molecule has 0 fully saturated rings. The van der Waals surface area contributed by atoms with E-state index in [2.05, 4.69) is 38.9 Å². The molecule has 0 saturated carbocycles. The van der Waals surface area contributed by atoms with Gasteiger partial charge in [-0.3, -0.25) is 0 Å². The lowest BCUT2D eigenvalue weighted by Gasteiger charge is -2.27. The van der Waals surface area contributed by atoms with E-state index in [-0.39, 0.29) is 0 Å². The molecule has 0 rings (SSSR count). The molecule has 0 spiro atoms. The largest absolute Gasteiger partial charge is 0.320 e. The summed E-state index contributed by atoms with van der Waals surface area (Å²) in [7, 11) is 1.16. The zero-order chi connectivity index (χ0) is 7.49. The number of hydrogen-bond donors (Lipinski definition) is 1. The van der Waals surface area contributed by atoms with Crippen molar-refractivity contribution in [2.75, 3.05) is 7.05 Å². The monoisotopic (exact) mass is 145 g/mol. The average Bonchev–Trinajstić information content (AvgIpc) is 1.65. The summed E-state index contributed by atoms with van der Waals surface area (Å²) >= 11 is 0. The van der Waals surface area contributed by atoms with Gasteiger partial charge in [-0.05, 0) is 19.1 Å². The van der Waals surface area contributed by atoms with Crippen molar-refractivity contribution in [2.24, 2.45) is 0 Å². The second-order valence-electron chi connectivity index (χ2n) is 3.62. The third kappa shape index (κ3) is 3.01. The fourth-order valence-electron chi connectivity index (χ4n) is 1.25. The lowest BCUT2D eigenvalue weighted by molar-refractivity contribution is 0.680. The Morgan fingerprint density at radius 2 is 1.78 bits per heavy atom. The molecule has 1 unspecified atom stereocenters. The molecule has 0 aliphatic rings. The van der Waals surface area contributed by atoms with Crippen LogP contribution in [0.5, 0.6) is 0 Å². The maximum atomic E-state index is 3.35. The Hall–Kier alpha value is 0.177.